The van der Waals surface area contributed by atoms with Crippen molar-refractivity contribution in [2.75, 3.05) is 0 Å². The first-order valence-corrected chi connectivity index (χ1v) is 4.47. The lowest BCUT2D eigenvalue weighted by atomic mass is 10.1. The smallest absolute Gasteiger partial charge is 0.373 e. The summed E-state index contributed by atoms with van der Waals surface area (Å²) in [5.74, 6) is -0.738. The van der Waals surface area contributed by atoms with Gasteiger partial charge in [0, 0.05) is 6.07 Å². The van der Waals surface area contributed by atoms with Crippen LogP contribution in [0.25, 0.3) is 11.3 Å². The highest BCUT2D eigenvalue weighted by Crippen LogP contribution is 2.14. The average Bonchev–Trinajstić information content (AvgIpc) is 2.17. The van der Waals surface area contributed by atoms with Gasteiger partial charge >= 0.3 is 11.4 Å². The van der Waals surface area contributed by atoms with Crippen LogP contribution in [0, 0.1) is 6.92 Å². The minimum Gasteiger partial charge on any atom is -0.373 e. The highest BCUT2D eigenvalue weighted by molar-refractivity contribution is 5.58. The second-order valence-corrected chi connectivity index (χ2v) is 3.26. The van der Waals surface area contributed by atoms with Gasteiger partial charge in [-0.2, -0.15) is 0 Å². The van der Waals surface area contributed by atoms with E-state index in [0.717, 1.165) is 11.1 Å². The molecule has 0 saturated heterocycles. The normalized spacial score (nSPS) is 10.2. The van der Waals surface area contributed by atoms with E-state index >= 15 is 0 Å². The summed E-state index contributed by atoms with van der Waals surface area (Å²) in [5, 5.41) is 0. The number of aromatic amines is 1. The number of aryl methyl sites for hydroxylation is 1. The van der Waals surface area contributed by atoms with Gasteiger partial charge in [0.25, 0.3) is 0 Å². The molecule has 0 spiro atoms. The van der Waals surface area contributed by atoms with Crippen molar-refractivity contribution in [3.63, 3.8) is 0 Å². The second kappa shape index (κ2) is 3.57. The molecule has 0 aliphatic carbocycles. The third-order valence-electron chi connectivity index (χ3n) is 2.05. The van der Waals surface area contributed by atoms with Crippen LogP contribution in [0.3, 0.4) is 0 Å². The molecule has 4 nitrogen and oxygen atoms in total. The molecule has 0 aliphatic heterocycles. The Balaban J connectivity index is 2.59. The fraction of sp³-hybridized carbons (Fsp3) is 0.0909. The van der Waals surface area contributed by atoms with Crippen molar-refractivity contribution >= 4 is 0 Å². The maximum atomic E-state index is 11.0. The lowest BCUT2D eigenvalue weighted by molar-refractivity contribution is 0.451. The van der Waals surface area contributed by atoms with Crippen LogP contribution in [-0.4, -0.2) is 4.98 Å². The Hall–Kier alpha value is -2.10. The van der Waals surface area contributed by atoms with Crippen molar-refractivity contribution in [2.24, 2.45) is 0 Å². The van der Waals surface area contributed by atoms with Crippen molar-refractivity contribution in [3.8, 4) is 11.3 Å². The van der Waals surface area contributed by atoms with Crippen LogP contribution in [0.5, 0.6) is 0 Å². The van der Waals surface area contributed by atoms with E-state index < -0.39 is 11.4 Å². The van der Waals surface area contributed by atoms with Gasteiger partial charge in [0.05, 0.1) is 5.69 Å². The summed E-state index contributed by atoms with van der Waals surface area (Å²) in [4.78, 5) is 24.4. The maximum absolute atomic E-state index is 11.0. The van der Waals surface area contributed by atoms with Crippen molar-refractivity contribution < 1.29 is 4.42 Å². The number of aromatic nitrogens is 1. The highest BCUT2D eigenvalue weighted by Gasteiger charge is 2.00. The molecule has 0 fully saturated rings. The Bertz CT molecular complexity index is 550. The molecule has 2 aromatic rings. The van der Waals surface area contributed by atoms with Crippen LogP contribution in [0.2, 0.25) is 0 Å². The molecule has 0 atom stereocenters. The van der Waals surface area contributed by atoms with Crippen LogP contribution in [0.1, 0.15) is 5.56 Å². The molecular weight excluding hydrogens is 194 g/mol. The number of rotatable bonds is 1. The lowest BCUT2D eigenvalue weighted by Gasteiger charge is -1.99. The van der Waals surface area contributed by atoms with Gasteiger partial charge in [-0.1, -0.05) is 29.8 Å². The summed E-state index contributed by atoms with van der Waals surface area (Å²) in [5.41, 5.74) is 1.72. The zero-order valence-electron chi connectivity index (χ0n) is 8.11. The molecule has 1 heterocycles. The Morgan fingerprint density at radius 3 is 2.40 bits per heavy atom. The van der Waals surface area contributed by atoms with E-state index in [1.807, 2.05) is 31.2 Å². The number of H-pyrrole nitrogens is 1. The fourth-order valence-electron chi connectivity index (χ4n) is 1.30. The SMILES string of the molecule is Cc1ccc(-c2cc(=O)oc(=O)[nH]2)cc1. The molecular formula is C11H9NO3. The Morgan fingerprint density at radius 1 is 1.13 bits per heavy atom. The Morgan fingerprint density at radius 2 is 1.80 bits per heavy atom. The minimum absolute atomic E-state index is 0.469. The molecule has 15 heavy (non-hydrogen) atoms. The van der Waals surface area contributed by atoms with Crippen LogP contribution in [-0.2, 0) is 0 Å². The van der Waals surface area contributed by atoms with Gasteiger partial charge in [0.1, 0.15) is 0 Å². The van der Waals surface area contributed by atoms with E-state index in [2.05, 4.69) is 9.40 Å². The first-order chi connectivity index (χ1) is 7.15. The summed E-state index contributed by atoms with van der Waals surface area (Å²) in [6, 6.07) is 8.73. The van der Waals surface area contributed by atoms with Gasteiger partial charge < -0.3 is 4.42 Å². The van der Waals surface area contributed by atoms with Gasteiger partial charge in [-0.15, -0.1) is 0 Å². The van der Waals surface area contributed by atoms with Crippen LogP contribution in [0.4, 0.5) is 0 Å². The van der Waals surface area contributed by atoms with E-state index in [0.29, 0.717) is 5.69 Å². The van der Waals surface area contributed by atoms with Crippen LogP contribution >= 0.6 is 0 Å². The molecule has 76 valence electrons. The van der Waals surface area contributed by atoms with Crippen molar-refractivity contribution in [3.05, 3.63) is 56.9 Å². The third-order valence-corrected chi connectivity index (χ3v) is 2.05. The molecule has 1 N–H and O–H groups in total. The van der Waals surface area contributed by atoms with Gasteiger partial charge in [-0.3, -0.25) is 4.98 Å². The summed E-state index contributed by atoms with van der Waals surface area (Å²) >= 11 is 0. The molecule has 1 aromatic heterocycles. The van der Waals surface area contributed by atoms with Gasteiger partial charge in [-0.25, -0.2) is 9.59 Å². The average molecular weight is 203 g/mol. The molecule has 0 radical (unpaired) electrons. The topological polar surface area (TPSA) is 63.1 Å². The number of nitrogens with one attached hydrogen (secondary N) is 1. The first-order valence-electron chi connectivity index (χ1n) is 4.47. The molecule has 0 amide bonds. The summed E-state index contributed by atoms with van der Waals surface area (Å²) in [6.07, 6.45) is 0. The number of hydrogen-bond acceptors (Lipinski definition) is 3. The number of hydrogen-bond donors (Lipinski definition) is 1. The maximum Gasteiger partial charge on any atom is 0.419 e. The van der Waals surface area contributed by atoms with Crippen molar-refractivity contribution in [2.45, 2.75) is 6.92 Å². The Labute approximate surface area is 85.2 Å². The monoisotopic (exact) mass is 203 g/mol. The molecule has 0 unspecified atom stereocenters. The predicted molar refractivity (Wildman–Crippen MR) is 55.8 cm³/mol. The quantitative estimate of drug-likeness (QED) is 0.759. The molecule has 4 heteroatoms. The Kier molecular flexibility index (Phi) is 2.25. The molecule has 0 saturated carbocycles. The molecule has 0 aliphatic rings. The van der Waals surface area contributed by atoms with Crippen LogP contribution in [0.15, 0.2) is 44.3 Å². The molecule has 2 rings (SSSR count). The molecule has 0 bridgehead atoms. The van der Waals surface area contributed by atoms with Crippen LogP contribution < -0.4 is 11.4 Å². The summed E-state index contributed by atoms with van der Waals surface area (Å²) < 4.78 is 4.30. The largest absolute Gasteiger partial charge is 0.419 e. The standard InChI is InChI=1S/C11H9NO3/c1-7-2-4-8(5-3-7)9-6-10(13)15-11(14)12-9/h2-6H,1H3,(H,12,14). The van der Waals surface area contributed by atoms with Gasteiger partial charge in [0.2, 0.25) is 0 Å². The first kappa shape index (κ1) is 9.45. The lowest BCUT2D eigenvalue weighted by Crippen LogP contribution is -2.14. The third kappa shape index (κ3) is 2.04. The van der Waals surface area contributed by atoms with E-state index in [1.165, 1.54) is 6.07 Å². The highest BCUT2D eigenvalue weighted by atomic mass is 16.4. The fourth-order valence-corrected chi connectivity index (χ4v) is 1.30. The van der Waals surface area contributed by atoms with E-state index in [-0.39, 0.29) is 0 Å². The van der Waals surface area contributed by atoms with E-state index in [4.69, 9.17) is 0 Å². The van der Waals surface area contributed by atoms with Crippen molar-refractivity contribution in [1.82, 2.24) is 4.98 Å². The number of benzene rings is 1. The predicted octanol–water partition coefficient (Wildman–Crippen LogP) is 1.30. The summed E-state index contributed by atoms with van der Waals surface area (Å²) in [6.45, 7) is 1.96. The summed E-state index contributed by atoms with van der Waals surface area (Å²) in [7, 11) is 0. The van der Waals surface area contributed by atoms with Gasteiger partial charge in [0.15, 0.2) is 0 Å². The van der Waals surface area contributed by atoms with Gasteiger partial charge in [-0.05, 0) is 12.5 Å². The van der Waals surface area contributed by atoms with E-state index in [1.54, 1.807) is 0 Å². The van der Waals surface area contributed by atoms with Crippen molar-refractivity contribution in [1.29, 1.82) is 0 Å². The minimum atomic E-state index is -0.738. The second-order valence-electron chi connectivity index (χ2n) is 3.26. The zero-order chi connectivity index (χ0) is 10.8. The molecule has 1 aromatic carbocycles. The van der Waals surface area contributed by atoms with E-state index in [9.17, 15) is 9.59 Å². The zero-order valence-corrected chi connectivity index (χ0v) is 8.11.